The Labute approximate surface area is 324 Å². The number of carbonyl (C=O) groups excluding carboxylic acids is 1. The second-order valence-corrected chi connectivity index (χ2v) is 18.1. The Morgan fingerprint density at radius 3 is 2.56 bits per heavy atom. The zero-order valence-electron chi connectivity index (χ0n) is 32.2. The second-order valence-electron chi connectivity index (χ2n) is 17.7. The Bertz CT molecular complexity index is 2020. The van der Waals surface area contributed by atoms with Crippen molar-refractivity contribution >= 4 is 39.9 Å². The van der Waals surface area contributed by atoms with Gasteiger partial charge in [0.05, 0.1) is 39.7 Å². The maximum Gasteiger partial charge on any atom is 0.303 e. The number of aryl methyl sites for hydroxylation is 1. The molecule has 0 spiro atoms. The number of anilines is 1. The monoisotopic (exact) mass is 754 g/mol. The molecule has 4 aliphatic rings. The number of carbonyl (C=O) groups is 2. The van der Waals surface area contributed by atoms with Crippen LogP contribution in [-0.4, -0.2) is 55.0 Å². The van der Waals surface area contributed by atoms with Gasteiger partial charge in [-0.25, -0.2) is 0 Å². The number of benzene rings is 2. The maximum absolute atomic E-state index is 12.6. The molecule has 5 N–H and O–H groups in total. The first kappa shape index (κ1) is 38.8. The molecule has 288 valence electrons. The number of ketones is 1. The molecular formula is C45H55ClN2O6. The van der Waals surface area contributed by atoms with Crippen molar-refractivity contribution in [3.05, 3.63) is 69.9 Å². The zero-order chi connectivity index (χ0) is 38.7. The molecule has 0 amide bonds. The van der Waals surface area contributed by atoms with Crippen molar-refractivity contribution in [2.75, 3.05) is 5.32 Å². The van der Waals surface area contributed by atoms with Crippen molar-refractivity contribution in [1.29, 1.82) is 0 Å². The molecule has 0 bridgehead atoms. The molecule has 54 heavy (non-hydrogen) atoms. The van der Waals surface area contributed by atoms with Gasteiger partial charge in [0, 0.05) is 23.9 Å². The van der Waals surface area contributed by atoms with Gasteiger partial charge in [-0.2, -0.15) is 0 Å². The van der Waals surface area contributed by atoms with Crippen LogP contribution in [-0.2, 0) is 11.3 Å². The number of fused-ring (bicyclic) bond motifs is 6. The van der Waals surface area contributed by atoms with Gasteiger partial charge in [0.25, 0.3) is 0 Å². The third kappa shape index (κ3) is 6.74. The largest absolute Gasteiger partial charge is 0.481 e. The molecular weight excluding hydrogens is 700 g/mol. The van der Waals surface area contributed by atoms with E-state index >= 15 is 0 Å². The Balaban J connectivity index is 1.05. The SMILES string of the molecule is CC(=O)c1c(C)nc2ccccc2c1NCc1ccc(C#C[C@@]2(O)CCC3(C)C(CC(O)C4C3CC(O)C3(C)C4CC[C@@H]3C(C)CCC(=O)O)C2)c(Cl)c1. The molecule has 0 aliphatic heterocycles. The Morgan fingerprint density at radius 1 is 1.07 bits per heavy atom. The summed E-state index contributed by atoms with van der Waals surface area (Å²) < 4.78 is 0. The van der Waals surface area contributed by atoms with E-state index < -0.39 is 23.8 Å². The number of aromatic nitrogens is 1. The predicted octanol–water partition coefficient (Wildman–Crippen LogP) is 8.20. The van der Waals surface area contributed by atoms with Crippen LogP contribution in [0.4, 0.5) is 5.69 Å². The number of carboxylic acid groups (broad SMARTS) is 1. The molecule has 3 aromatic rings. The highest BCUT2D eigenvalue weighted by atomic mass is 35.5. The molecule has 11 atom stereocenters. The third-order valence-corrected chi connectivity index (χ3v) is 15.1. The number of halogens is 1. The number of nitrogens with one attached hydrogen (secondary N) is 1. The number of carboxylic acids is 1. The highest BCUT2D eigenvalue weighted by Crippen LogP contribution is 2.69. The number of hydrogen-bond acceptors (Lipinski definition) is 7. The normalized spacial score (nSPS) is 34.9. The lowest BCUT2D eigenvalue weighted by molar-refractivity contribution is -0.211. The summed E-state index contributed by atoms with van der Waals surface area (Å²) in [5.41, 5.74) is 2.67. The number of aliphatic hydroxyl groups excluding tert-OH is 2. The van der Waals surface area contributed by atoms with Crippen LogP contribution in [0, 0.1) is 65.1 Å². The van der Waals surface area contributed by atoms with Gasteiger partial charge < -0.3 is 25.7 Å². The molecule has 4 aliphatic carbocycles. The fourth-order valence-electron chi connectivity index (χ4n) is 11.9. The lowest BCUT2D eigenvalue weighted by atomic mass is 9.42. The quantitative estimate of drug-likeness (QED) is 0.115. The van der Waals surface area contributed by atoms with Gasteiger partial charge in [0.1, 0.15) is 5.60 Å². The van der Waals surface area contributed by atoms with Crippen molar-refractivity contribution < 1.29 is 30.0 Å². The van der Waals surface area contributed by atoms with E-state index in [0.717, 1.165) is 41.4 Å². The molecule has 8 nitrogen and oxygen atoms in total. The highest BCUT2D eigenvalue weighted by Gasteiger charge is 2.66. The smallest absolute Gasteiger partial charge is 0.303 e. The minimum absolute atomic E-state index is 0.0527. The topological polar surface area (TPSA) is 140 Å². The number of aliphatic hydroxyl groups is 3. The molecule has 1 heterocycles. The second kappa shape index (κ2) is 14.5. The summed E-state index contributed by atoms with van der Waals surface area (Å²) in [6.45, 7) is 10.5. The van der Waals surface area contributed by atoms with Gasteiger partial charge in [0.2, 0.25) is 0 Å². The zero-order valence-corrected chi connectivity index (χ0v) is 32.9. The average molecular weight is 755 g/mol. The average Bonchev–Trinajstić information content (AvgIpc) is 3.48. The molecule has 2 aromatic carbocycles. The Hall–Kier alpha value is -3.48. The van der Waals surface area contributed by atoms with Crippen molar-refractivity contribution in [1.82, 2.24) is 4.98 Å². The lowest BCUT2D eigenvalue weighted by Gasteiger charge is -2.64. The number of Topliss-reactive ketones (excluding diaryl/α,β-unsaturated/α-hetero) is 1. The fourth-order valence-corrected chi connectivity index (χ4v) is 12.2. The predicted molar refractivity (Wildman–Crippen MR) is 211 cm³/mol. The van der Waals surface area contributed by atoms with Gasteiger partial charge in [-0.05, 0) is 135 Å². The molecule has 4 saturated carbocycles. The van der Waals surface area contributed by atoms with Crippen LogP contribution in [0.5, 0.6) is 0 Å². The summed E-state index contributed by atoms with van der Waals surface area (Å²) in [7, 11) is 0. The fraction of sp³-hybridized carbons (Fsp3) is 0.578. The molecule has 7 rings (SSSR count). The third-order valence-electron chi connectivity index (χ3n) is 14.8. The Kier molecular flexibility index (Phi) is 10.4. The minimum Gasteiger partial charge on any atom is -0.481 e. The van der Waals surface area contributed by atoms with E-state index in [1.54, 1.807) is 6.92 Å². The van der Waals surface area contributed by atoms with E-state index in [9.17, 15) is 30.0 Å². The minimum atomic E-state index is -1.22. The van der Waals surface area contributed by atoms with E-state index in [0.29, 0.717) is 60.5 Å². The first-order chi connectivity index (χ1) is 25.6. The van der Waals surface area contributed by atoms with Crippen LogP contribution < -0.4 is 5.32 Å². The van der Waals surface area contributed by atoms with Crippen molar-refractivity contribution in [3.8, 4) is 11.8 Å². The molecule has 9 unspecified atom stereocenters. The summed E-state index contributed by atoms with van der Waals surface area (Å²) in [6, 6.07) is 13.4. The first-order valence-corrected chi connectivity index (χ1v) is 20.2. The van der Waals surface area contributed by atoms with Crippen LogP contribution in [0.25, 0.3) is 10.9 Å². The van der Waals surface area contributed by atoms with Crippen molar-refractivity contribution in [2.24, 2.45) is 46.3 Å². The molecule has 0 radical (unpaired) electrons. The van der Waals surface area contributed by atoms with Gasteiger partial charge in [0.15, 0.2) is 5.78 Å². The van der Waals surface area contributed by atoms with Gasteiger partial charge in [-0.1, -0.05) is 68.5 Å². The van der Waals surface area contributed by atoms with Crippen molar-refractivity contribution in [2.45, 2.75) is 117 Å². The van der Waals surface area contributed by atoms with Crippen LogP contribution in [0.2, 0.25) is 5.02 Å². The molecule has 4 fully saturated rings. The Morgan fingerprint density at radius 2 is 1.83 bits per heavy atom. The van der Waals surface area contributed by atoms with E-state index in [1.165, 1.54) is 0 Å². The first-order valence-electron chi connectivity index (χ1n) is 19.8. The van der Waals surface area contributed by atoms with Crippen LogP contribution in [0.1, 0.15) is 113 Å². The van der Waals surface area contributed by atoms with E-state index in [-0.39, 0.29) is 58.5 Å². The summed E-state index contributed by atoms with van der Waals surface area (Å²) in [6.07, 6.45) is 4.55. The van der Waals surface area contributed by atoms with E-state index in [1.807, 2.05) is 49.4 Å². The van der Waals surface area contributed by atoms with Crippen molar-refractivity contribution in [3.63, 3.8) is 0 Å². The summed E-state index contributed by atoms with van der Waals surface area (Å²) in [5, 5.41) is 49.8. The number of rotatable bonds is 8. The van der Waals surface area contributed by atoms with E-state index in [4.69, 9.17) is 11.6 Å². The standard InChI is InChI=1S/C45H55ClN2O6/c1-25(10-15-39(52)53)32-13-14-33-41-34(22-38(51)44(32,33)5)43(4)18-19-45(54,23-30(43)21-37(41)50)17-16-29-12-11-28(20-35(29)46)24-47-42-31-8-6-7-9-36(31)48-26(2)40(42)27(3)49/h6-9,11-12,20,25,30,32-34,37-38,41,50-51,54H,10,13-15,18-19,21-24H2,1-5H3,(H,47,48)(H,52,53)/t25?,30?,32-,33?,34?,37?,38?,41?,43?,44?,45-/m1/s1. The highest BCUT2D eigenvalue weighted by molar-refractivity contribution is 6.31. The maximum atomic E-state index is 12.6. The molecule has 0 saturated heterocycles. The number of para-hydroxylation sites is 1. The van der Waals surface area contributed by atoms with Gasteiger partial charge >= 0.3 is 5.97 Å². The van der Waals surface area contributed by atoms with Gasteiger partial charge in [-0.3, -0.25) is 14.6 Å². The number of aliphatic carboxylic acids is 1. The summed E-state index contributed by atoms with van der Waals surface area (Å²) in [4.78, 5) is 28.6. The summed E-state index contributed by atoms with van der Waals surface area (Å²) >= 11 is 6.78. The van der Waals surface area contributed by atoms with Crippen LogP contribution >= 0.6 is 11.6 Å². The van der Waals surface area contributed by atoms with Crippen LogP contribution in [0.15, 0.2) is 42.5 Å². The lowest BCUT2D eigenvalue weighted by Crippen LogP contribution is -2.63. The number of pyridine rings is 1. The number of nitrogens with zero attached hydrogens (tertiary/aromatic N) is 1. The number of hydrogen-bond donors (Lipinski definition) is 5. The molecule has 9 heteroatoms. The molecule has 1 aromatic heterocycles. The van der Waals surface area contributed by atoms with Gasteiger partial charge in [-0.15, -0.1) is 0 Å². The summed E-state index contributed by atoms with van der Waals surface area (Å²) in [5.74, 6) is 6.42. The van der Waals surface area contributed by atoms with E-state index in [2.05, 4.69) is 42.9 Å². The van der Waals surface area contributed by atoms with Crippen LogP contribution in [0.3, 0.4) is 0 Å².